The molecule has 0 aromatic heterocycles. The van der Waals surface area contributed by atoms with Crippen LogP contribution >= 0.6 is 0 Å². The van der Waals surface area contributed by atoms with Crippen molar-refractivity contribution in [3.63, 3.8) is 0 Å². The number of benzene rings is 1. The Labute approximate surface area is 101 Å². The summed E-state index contributed by atoms with van der Waals surface area (Å²) in [5, 5.41) is 8.88. The van der Waals surface area contributed by atoms with Gasteiger partial charge in [0.2, 0.25) is 0 Å². The minimum absolute atomic E-state index is 0.689. The number of carboxylic acids is 1. The molecule has 0 saturated carbocycles. The fourth-order valence-electron chi connectivity index (χ4n) is 2.33. The molecule has 0 spiro atoms. The first-order valence-corrected chi connectivity index (χ1v) is 5.99. The lowest BCUT2D eigenvalue weighted by atomic mass is 10.0. The number of carboxylic acid groups (broad SMARTS) is 1. The fraction of sp³-hybridized carbons (Fsp3) is 0.462. The Morgan fingerprint density at radius 1 is 1.59 bits per heavy atom. The second-order valence-corrected chi connectivity index (χ2v) is 4.44. The van der Waals surface area contributed by atoms with Crippen molar-refractivity contribution in [1.29, 1.82) is 0 Å². The largest absolute Gasteiger partial charge is 0.480 e. The molecule has 1 aromatic carbocycles. The maximum atomic E-state index is 10.8. The van der Waals surface area contributed by atoms with Gasteiger partial charge < -0.3 is 15.7 Å². The van der Waals surface area contributed by atoms with Gasteiger partial charge in [0.05, 0.1) is 0 Å². The van der Waals surface area contributed by atoms with Crippen LogP contribution in [0, 0.1) is 0 Å². The minimum atomic E-state index is -0.978. The molecule has 3 N–H and O–H groups in total. The van der Waals surface area contributed by atoms with E-state index in [2.05, 4.69) is 11.8 Å². The molecule has 0 saturated heterocycles. The lowest BCUT2D eigenvalue weighted by Gasteiger charge is -2.18. The molecule has 1 aliphatic heterocycles. The molecule has 0 bridgehead atoms. The first-order chi connectivity index (χ1) is 8.13. The van der Waals surface area contributed by atoms with Crippen LogP contribution in [-0.2, 0) is 11.2 Å². The van der Waals surface area contributed by atoms with Gasteiger partial charge in [-0.3, -0.25) is 4.79 Å². The normalized spacial score (nSPS) is 15.8. The summed E-state index contributed by atoms with van der Waals surface area (Å²) in [6.45, 7) is 4.24. The van der Waals surface area contributed by atoms with Crippen molar-refractivity contribution in [3.05, 3.63) is 29.3 Å². The van der Waals surface area contributed by atoms with Gasteiger partial charge >= 0.3 is 5.97 Å². The maximum Gasteiger partial charge on any atom is 0.325 e. The molecule has 17 heavy (non-hydrogen) atoms. The zero-order valence-electron chi connectivity index (χ0n) is 10.0. The van der Waals surface area contributed by atoms with Gasteiger partial charge in [-0.05, 0) is 30.0 Å². The van der Waals surface area contributed by atoms with Gasteiger partial charge in [0.1, 0.15) is 6.04 Å². The van der Waals surface area contributed by atoms with E-state index in [1.54, 1.807) is 0 Å². The Hall–Kier alpha value is -1.55. The molecule has 2 rings (SSSR count). The summed E-state index contributed by atoms with van der Waals surface area (Å²) in [6, 6.07) is 4.84. The summed E-state index contributed by atoms with van der Waals surface area (Å²) in [6.07, 6.45) is 2.10. The van der Waals surface area contributed by atoms with E-state index in [-0.39, 0.29) is 0 Å². The topological polar surface area (TPSA) is 66.6 Å². The molecule has 1 aliphatic rings. The predicted octanol–water partition coefficient (Wildman–Crippen LogP) is 1.54. The van der Waals surface area contributed by atoms with Crippen LogP contribution in [0.4, 0.5) is 5.69 Å². The smallest absolute Gasteiger partial charge is 0.325 e. The fourth-order valence-corrected chi connectivity index (χ4v) is 2.33. The number of anilines is 1. The van der Waals surface area contributed by atoms with Gasteiger partial charge in [0.25, 0.3) is 0 Å². The van der Waals surface area contributed by atoms with Gasteiger partial charge in [0.15, 0.2) is 0 Å². The molecule has 1 aromatic rings. The van der Waals surface area contributed by atoms with E-state index in [1.165, 1.54) is 11.3 Å². The van der Waals surface area contributed by atoms with E-state index >= 15 is 0 Å². The molecule has 1 atom stereocenters. The monoisotopic (exact) mass is 234 g/mol. The van der Waals surface area contributed by atoms with E-state index in [9.17, 15) is 4.79 Å². The minimum Gasteiger partial charge on any atom is -0.480 e. The van der Waals surface area contributed by atoms with Crippen LogP contribution in [0.3, 0.4) is 0 Å². The molecule has 4 nitrogen and oxygen atoms in total. The number of fused-ring (bicyclic) bond motifs is 1. The van der Waals surface area contributed by atoms with Gasteiger partial charge in [-0.15, -0.1) is 0 Å². The predicted molar refractivity (Wildman–Crippen MR) is 67.2 cm³/mol. The van der Waals surface area contributed by atoms with E-state index in [0.717, 1.165) is 25.9 Å². The van der Waals surface area contributed by atoms with E-state index < -0.39 is 12.0 Å². The second-order valence-electron chi connectivity index (χ2n) is 4.44. The summed E-state index contributed by atoms with van der Waals surface area (Å²) in [5.74, 6) is -0.978. The zero-order chi connectivity index (χ0) is 12.4. The van der Waals surface area contributed by atoms with Crippen molar-refractivity contribution in [3.8, 4) is 0 Å². The van der Waals surface area contributed by atoms with Crippen LogP contribution < -0.4 is 10.6 Å². The van der Waals surface area contributed by atoms with Crippen molar-refractivity contribution in [2.75, 3.05) is 18.0 Å². The quantitative estimate of drug-likeness (QED) is 0.829. The maximum absolute atomic E-state index is 10.8. The molecule has 1 heterocycles. The van der Waals surface area contributed by atoms with Gasteiger partial charge in [-0.25, -0.2) is 0 Å². The third-order valence-corrected chi connectivity index (χ3v) is 3.21. The highest BCUT2D eigenvalue weighted by Crippen LogP contribution is 2.30. The SMILES string of the molecule is CCCN1CCc2cc([C@H](N)C(=O)O)ccc21. The van der Waals surface area contributed by atoms with Crippen LogP contribution in [0.1, 0.15) is 30.5 Å². The first-order valence-electron chi connectivity index (χ1n) is 5.99. The Morgan fingerprint density at radius 3 is 3.00 bits per heavy atom. The Bertz CT molecular complexity index is 431. The van der Waals surface area contributed by atoms with Gasteiger partial charge in [-0.2, -0.15) is 0 Å². The highest BCUT2D eigenvalue weighted by Gasteiger charge is 2.21. The highest BCUT2D eigenvalue weighted by atomic mass is 16.4. The number of carbonyl (C=O) groups is 1. The molecule has 4 heteroatoms. The summed E-state index contributed by atoms with van der Waals surface area (Å²) in [7, 11) is 0. The van der Waals surface area contributed by atoms with Crippen molar-refractivity contribution in [1.82, 2.24) is 0 Å². The van der Waals surface area contributed by atoms with Gasteiger partial charge in [-0.1, -0.05) is 19.1 Å². The Kier molecular flexibility index (Phi) is 3.33. The summed E-state index contributed by atoms with van der Waals surface area (Å²) >= 11 is 0. The van der Waals surface area contributed by atoms with E-state index in [4.69, 9.17) is 10.8 Å². The third-order valence-electron chi connectivity index (χ3n) is 3.21. The summed E-state index contributed by atoms with van der Waals surface area (Å²) in [4.78, 5) is 13.2. The second kappa shape index (κ2) is 4.75. The summed E-state index contributed by atoms with van der Waals surface area (Å²) < 4.78 is 0. The zero-order valence-corrected chi connectivity index (χ0v) is 10.0. The Morgan fingerprint density at radius 2 is 2.35 bits per heavy atom. The first kappa shape index (κ1) is 11.9. The molecule has 0 unspecified atom stereocenters. The lowest BCUT2D eigenvalue weighted by molar-refractivity contribution is -0.138. The Balaban J connectivity index is 2.25. The van der Waals surface area contributed by atoms with Crippen molar-refractivity contribution in [2.24, 2.45) is 5.73 Å². The average Bonchev–Trinajstić information content (AvgIpc) is 2.71. The van der Waals surface area contributed by atoms with Crippen LogP contribution in [0.2, 0.25) is 0 Å². The third kappa shape index (κ3) is 2.26. The van der Waals surface area contributed by atoms with Crippen LogP contribution in [0.15, 0.2) is 18.2 Å². The summed E-state index contributed by atoms with van der Waals surface area (Å²) in [5.41, 5.74) is 8.75. The van der Waals surface area contributed by atoms with E-state index in [0.29, 0.717) is 5.56 Å². The van der Waals surface area contributed by atoms with Crippen LogP contribution in [-0.4, -0.2) is 24.2 Å². The standard InChI is InChI=1S/C13H18N2O2/c1-2-6-15-7-5-9-8-10(3-4-11(9)15)12(14)13(16)17/h3-4,8,12H,2,5-7,14H2,1H3,(H,16,17)/t12-/m0/s1. The molecular weight excluding hydrogens is 216 g/mol. The number of hydrogen-bond donors (Lipinski definition) is 2. The number of rotatable bonds is 4. The molecule has 0 radical (unpaired) electrons. The van der Waals surface area contributed by atoms with Gasteiger partial charge in [0, 0.05) is 18.8 Å². The van der Waals surface area contributed by atoms with Crippen LogP contribution in [0.5, 0.6) is 0 Å². The van der Waals surface area contributed by atoms with Crippen LogP contribution in [0.25, 0.3) is 0 Å². The number of nitrogens with two attached hydrogens (primary N) is 1. The number of aliphatic carboxylic acids is 1. The molecule has 0 aliphatic carbocycles. The lowest BCUT2D eigenvalue weighted by Crippen LogP contribution is -2.21. The molecular formula is C13H18N2O2. The van der Waals surface area contributed by atoms with Crippen molar-refractivity contribution >= 4 is 11.7 Å². The molecule has 92 valence electrons. The number of nitrogens with zero attached hydrogens (tertiary/aromatic N) is 1. The highest BCUT2D eigenvalue weighted by molar-refractivity contribution is 5.76. The van der Waals surface area contributed by atoms with Crippen molar-refractivity contribution < 1.29 is 9.90 Å². The molecule has 0 fully saturated rings. The average molecular weight is 234 g/mol. The number of hydrogen-bond acceptors (Lipinski definition) is 3. The van der Waals surface area contributed by atoms with E-state index in [1.807, 2.05) is 18.2 Å². The van der Waals surface area contributed by atoms with Crippen molar-refractivity contribution in [2.45, 2.75) is 25.8 Å². The molecule has 0 amide bonds.